The molecule has 0 aliphatic carbocycles. The van der Waals surface area contributed by atoms with E-state index in [0.29, 0.717) is 25.2 Å². The van der Waals surface area contributed by atoms with Crippen LogP contribution in [-0.2, 0) is 16.6 Å². The Labute approximate surface area is 121 Å². The van der Waals surface area contributed by atoms with E-state index in [1.165, 1.54) is 4.31 Å². The van der Waals surface area contributed by atoms with Crippen molar-refractivity contribution in [3.8, 4) is 0 Å². The predicted octanol–water partition coefficient (Wildman–Crippen LogP) is 1.14. The van der Waals surface area contributed by atoms with Crippen LogP contribution in [0.3, 0.4) is 0 Å². The summed E-state index contributed by atoms with van der Waals surface area (Å²) in [5.41, 5.74) is 0.708. The molecule has 0 saturated heterocycles. The molecule has 1 aromatic carbocycles. The maximum atomic E-state index is 12.6. The van der Waals surface area contributed by atoms with Gasteiger partial charge in [0, 0.05) is 19.6 Å². The minimum Gasteiger partial charge on any atom is -0.392 e. The molecule has 114 valence electrons. The van der Waals surface area contributed by atoms with Gasteiger partial charge >= 0.3 is 0 Å². The normalized spacial score (nSPS) is 12.3. The number of rotatable bonds is 8. The van der Waals surface area contributed by atoms with Gasteiger partial charge in [-0.25, -0.2) is 8.42 Å². The molecule has 1 N–H and O–H groups in total. The van der Waals surface area contributed by atoms with E-state index in [-0.39, 0.29) is 11.5 Å². The highest BCUT2D eigenvalue weighted by atomic mass is 32.2. The third kappa shape index (κ3) is 4.56. The van der Waals surface area contributed by atoms with Crippen molar-refractivity contribution in [1.29, 1.82) is 0 Å². The van der Waals surface area contributed by atoms with Gasteiger partial charge in [0.05, 0.1) is 11.5 Å². The Morgan fingerprint density at radius 3 is 2.10 bits per heavy atom. The molecule has 0 bridgehead atoms. The molecule has 1 rings (SSSR count). The van der Waals surface area contributed by atoms with Gasteiger partial charge in [-0.1, -0.05) is 19.1 Å². The molecular weight excluding hydrogens is 276 g/mol. The van der Waals surface area contributed by atoms with Gasteiger partial charge in [-0.2, -0.15) is 4.31 Å². The summed E-state index contributed by atoms with van der Waals surface area (Å²) in [5.74, 6) is 0. The lowest BCUT2D eigenvalue weighted by molar-refractivity contribution is 0.281. The maximum Gasteiger partial charge on any atom is 0.243 e. The van der Waals surface area contributed by atoms with Crippen molar-refractivity contribution in [3.05, 3.63) is 29.8 Å². The Morgan fingerprint density at radius 1 is 1.05 bits per heavy atom. The van der Waals surface area contributed by atoms with Crippen LogP contribution in [0.1, 0.15) is 18.9 Å². The summed E-state index contributed by atoms with van der Waals surface area (Å²) in [5, 5.41) is 9.00. The van der Waals surface area contributed by atoms with Crippen LogP contribution in [0.5, 0.6) is 0 Å². The monoisotopic (exact) mass is 300 g/mol. The molecule has 0 aliphatic heterocycles. The smallest absolute Gasteiger partial charge is 0.243 e. The second-order valence-electron chi connectivity index (χ2n) is 5.01. The summed E-state index contributed by atoms with van der Waals surface area (Å²) < 4.78 is 26.7. The molecule has 6 heteroatoms. The minimum absolute atomic E-state index is 0.0837. The van der Waals surface area contributed by atoms with Crippen molar-refractivity contribution in [2.45, 2.75) is 24.8 Å². The largest absolute Gasteiger partial charge is 0.392 e. The lowest BCUT2D eigenvalue weighted by Crippen LogP contribution is -2.37. The third-order valence-electron chi connectivity index (χ3n) is 3.01. The fourth-order valence-electron chi connectivity index (χ4n) is 1.83. The van der Waals surface area contributed by atoms with Gasteiger partial charge in [0.2, 0.25) is 10.0 Å². The number of hydrogen-bond acceptors (Lipinski definition) is 4. The summed E-state index contributed by atoms with van der Waals surface area (Å²) in [7, 11) is 0.388. The topological polar surface area (TPSA) is 60.9 Å². The SMILES string of the molecule is CCCN(CCN(C)C)S(=O)(=O)c1ccc(CO)cc1. The third-order valence-corrected chi connectivity index (χ3v) is 4.93. The zero-order chi connectivity index (χ0) is 15.2. The summed E-state index contributed by atoms with van der Waals surface area (Å²) >= 11 is 0. The van der Waals surface area contributed by atoms with E-state index in [4.69, 9.17) is 5.11 Å². The summed E-state index contributed by atoms with van der Waals surface area (Å²) in [4.78, 5) is 2.24. The molecule has 0 amide bonds. The molecule has 0 aromatic heterocycles. The average Bonchev–Trinajstić information content (AvgIpc) is 2.43. The first-order valence-electron chi connectivity index (χ1n) is 6.76. The molecule has 0 saturated carbocycles. The molecule has 0 fully saturated rings. The number of likely N-dealkylation sites (N-methyl/N-ethyl adjacent to an activating group) is 1. The van der Waals surface area contributed by atoms with E-state index < -0.39 is 10.0 Å². The van der Waals surface area contributed by atoms with Crippen molar-refractivity contribution < 1.29 is 13.5 Å². The highest BCUT2D eigenvalue weighted by Crippen LogP contribution is 2.17. The molecule has 0 heterocycles. The molecule has 20 heavy (non-hydrogen) atoms. The highest BCUT2D eigenvalue weighted by Gasteiger charge is 2.23. The lowest BCUT2D eigenvalue weighted by Gasteiger charge is -2.23. The van der Waals surface area contributed by atoms with Crippen molar-refractivity contribution in [1.82, 2.24) is 9.21 Å². The Morgan fingerprint density at radius 2 is 1.65 bits per heavy atom. The molecule has 0 unspecified atom stereocenters. The Hall–Kier alpha value is -0.950. The van der Waals surface area contributed by atoms with Crippen LogP contribution < -0.4 is 0 Å². The molecule has 0 atom stereocenters. The first kappa shape index (κ1) is 17.1. The van der Waals surface area contributed by atoms with Gasteiger partial charge < -0.3 is 10.0 Å². The predicted molar refractivity (Wildman–Crippen MR) is 80.0 cm³/mol. The Kier molecular flexibility index (Phi) is 6.61. The quantitative estimate of drug-likeness (QED) is 0.782. The van der Waals surface area contributed by atoms with Crippen molar-refractivity contribution in [2.75, 3.05) is 33.7 Å². The van der Waals surface area contributed by atoms with Crippen molar-refractivity contribution >= 4 is 10.0 Å². The van der Waals surface area contributed by atoms with Crippen LogP contribution in [0.2, 0.25) is 0 Å². The van der Waals surface area contributed by atoms with Gasteiger partial charge in [-0.05, 0) is 38.2 Å². The van der Waals surface area contributed by atoms with E-state index in [1.807, 2.05) is 25.9 Å². The van der Waals surface area contributed by atoms with Crippen LogP contribution in [0.25, 0.3) is 0 Å². The van der Waals surface area contributed by atoms with Crippen LogP contribution in [0, 0.1) is 0 Å². The van der Waals surface area contributed by atoms with E-state index in [0.717, 1.165) is 6.42 Å². The van der Waals surface area contributed by atoms with Crippen LogP contribution >= 0.6 is 0 Å². The average molecular weight is 300 g/mol. The summed E-state index contributed by atoms with van der Waals surface area (Å²) in [6, 6.07) is 6.39. The highest BCUT2D eigenvalue weighted by molar-refractivity contribution is 7.89. The van der Waals surface area contributed by atoms with Crippen LogP contribution in [0.4, 0.5) is 0 Å². The standard InChI is InChI=1S/C14H24N2O3S/c1-4-9-16(11-10-15(2)3)20(18,19)14-7-5-13(12-17)6-8-14/h5-8,17H,4,9-12H2,1-3H3. The number of hydrogen-bond donors (Lipinski definition) is 1. The van der Waals surface area contributed by atoms with Crippen molar-refractivity contribution in [3.63, 3.8) is 0 Å². The van der Waals surface area contributed by atoms with Gasteiger partial charge in [-0.15, -0.1) is 0 Å². The zero-order valence-electron chi connectivity index (χ0n) is 12.4. The van der Waals surface area contributed by atoms with Gasteiger partial charge in [0.1, 0.15) is 0 Å². The van der Waals surface area contributed by atoms with Gasteiger partial charge in [-0.3, -0.25) is 0 Å². The maximum absolute atomic E-state index is 12.6. The number of aliphatic hydroxyl groups excluding tert-OH is 1. The summed E-state index contributed by atoms with van der Waals surface area (Å²) in [6.45, 7) is 3.56. The number of aliphatic hydroxyl groups is 1. The fraction of sp³-hybridized carbons (Fsp3) is 0.571. The molecular formula is C14H24N2O3S. The van der Waals surface area contributed by atoms with Crippen molar-refractivity contribution in [2.24, 2.45) is 0 Å². The van der Waals surface area contributed by atoms with E-state index in [1.54, 1.807) is 24.3 Å². The van der Waals surface area contributed by atoms with E-state index in [2.05, 4.69) is 0 Å². The number of nitrogens with zero attached hydrogens (tertiary/aromatic N) is 2. The molecule has 0 radical (unpaired) electrons. The Bertz CT molecular complexity index is 498. The van der Waals surface area contributed by atoms with Gasteiger partial charge in [0.25, 0.3) is 0 Å². The first-order chi connectivity index (χ1) is 9.41. The van der Waals surface area contributed by atoms with E-state index >= 15 is 0 Å². The fourth-order valence-corrected chi connectivity index (χ4v) is 3.35. The van der Waals surface area contributed by atoms with Crippen LogP contribution in [-0.4, -0.2) is 56.5 Å². The molecule has 1 aromatic rings. The van der Waals surface area contributed by atoms with Crippen LogP contribution in [0.15, 0.2) is 29.2 Å². The Balaban J connectivity index is 2.95. The van der Waals surface area contributed by atoms with E-state index in [9.17, 15) is 8.42 Å². The summed E-state index contributed by atoms with van der Waals surface area (Å²) in [6.07, 6.45) is 0.779. The molecule has 5 nitrogen and oxygen atoms in total. The second kappa shape index (κ2) is 7.73. The molecule has 0 aliphatic rings. The lowest BCUT2D eigenvalue weighted by atomic mass is 10.2. The minimum atomic E-state index is -3.46. The first-order valence-corrected chi connectivity index (χ1v) is 8.20. The second-order valence-corrected chi connectivity index (χ2v) is 6.95. The number of sulfonamides is 1. The zero-order valence-corrected chi connectivity index (χ0v) is 13.2. The molecule has 0 spiro atoms. The number of benzene rings is 1. The van der Waals surface area contributed by atoms with Gasteiger partial charge in [0.15, 0.2) is 0 Å².